The lowest BCUT2D eigenvalue weighted by Crippen LogP contribution is -2.66. The van der Waals surface area contributed by atoms with E-state index in [1.807, 2.05) is 4.90 Å². The number of pyridine rings is 1. The van der Waals surface area contributed by atoms with E-state index in [0.29, 0.717) is 28.1 Å². The molecule has 2 aliphatic rings. The lowest BCUT2D eigenvalue weighted by Gasteiger charge is -2.50. The van der Waals surface area contributed by atoms with Gasteiger partial charge in [-0.15, -0.1) is 0 Å². The minimum atomic E-state index is -4.53. The van der Waals surface area contributed by atoms with Crippen LogP contribution in [0.3, 0.4) is 0 Å². The molecule has 242 valence electrons. The summed E-state index contributed by atoms with van der Waals surface area (Å²) in [5.41, 5.74) is 0.843. The van der Waals surface area contributed by atoms with Crippen molar-refractivity contribution in [3.63, 3.8) is 0 Å². The molecule has 2 unspecified atom stereocenters. The fourth-order valence-corrected chi connectivity index (χ4v) is 5.47. The first-order valence-corrected chi connectivity index (χ1v) is 14.6. The van der Waals surface area contributed by atoms with Crippen molar-refractivity contribution >= 4 is 40.4 Å². The maximum absolute atomic E-state index is 13.5. The SMILES string of the molecule is CC(C)(C)OC(=O)N1CC2COCC(C1)N2c1nc(-c2ccc(NC(=O)Nc3cccnc3)cc2)nc2c1cnn2CC(F)(F)F. The van der Waals surface area contributed by atoms with Gasteiger partial charge in [-0.2, -0.15) is 18.3 Å². The molecule has 5 heterocycles. The highest BCUT2D eigenvalue weighted by Crippen LogP contribution is 2.35. The Balaban J connectivity index is 1.32. The number of carbonyl (C=O) groups is 2. The number of aromatic nitrogens is 5. The van der Waals surface area contributed by atoms with Crippen LogP contribution in [0.1, 0.15) is 20.8 Å². The van der Waals surface area contributed by atoms with E-state index in [-0.39, 0.29) is 49.9 Å². The lowest BCUT2D eigenvalue weighted by atomic mass is 10.0. The summed E-state index contributed by atoms with van der Waals surface area (Å²) >= 11 is 0. The fraction of sp³-hybridized carbons (Fsp3) is 0.400. The van der Waals surface area contributed by atoms with Crippen LogP contribution in [0.4, 0.5) is 40.0 Å². The van der Waals surface area contributed by atoms with Gasteiger partial charge in [-0.25, -0.2) is 24.2 Å². The summed E-state index contributed by atoms with van der Waals surface area (Å²) in [4.78, 5) is 42.3. The molecule has 0 radical (unpaired) electrons. The summed E-state index contributed by atoms with van der Waals surface area (Å²) in [7, 11) is 0. The molecule has 0 spiro atoms. The number of nitrogens with zero attached hydrogens (tertiary/aromatic N) is 7. The summed E-state index contributed by atoms with van der Waals surface area (Å²) in [6.45, 7) is 5.13. The molecule has 13 nitrogen and oxygen atoms in total. The molecular formula is C30H32F3N9O4. The number of urea groups is 1. The summed E-state index contributed by atoms with van der Waals surface area (Å²) in [6, 6.07) is 8.83. The van der Waals surface area contributed by atoms with Gasteiger partial charge in [0.1, 0.15) is 18.0 Å². The summed E-state index contributed by atoms with van der Waals surface area (Å²) < 4.78 is 52.8. The predicted molar refractivity (Wildman–Crippen MR) is 162 cm³/mol. The van der Waals surface area contributed by atoms with Gasteiger partial charge in [0, 0.05) is 30.5 Å². The number of nitrogens with one attached hydrogen (secondary N) is 2. The Morgan fingerprint density at radius 1 is 0.978 bits per heavy atom. The number of piperazine rings is 1. The van der Waals surface area contributed by atoms with Crippen LogP contribution in [-0.4, -0.2) is 91.9 Å². The van der Waals surface area contributed by atoms with Crippen LogP contribution < -0.4 is 15.5 Å². The van der Waals surface area contributed by atoms with Gasteiger partial charge in [-0.05, 0) is 57.2 Å². The van der Waals surface area contributed by atoms with Crippen molar-refractivity contribution in [1.29, 1.82) is 0 Å². The van der Waals surface area contributed by atoms with Gasteiger partial charge in [0.2, 0.25) is 0 Å². The molecule has 3 aromatic heterocycles. The molecule has 6 rings (SSSR count). The zero-order valence-electron chi connectivity index (χ0n) is 25.3. The Bertz CT molecular complexity index is 1710. The maximum atomic E-state index is 13.5. The molecule has 1 aromatic carbocycles. The molecule has 0 saturated carbocycles. The molecule has 4 aromatic rings. The number of amides is 3. The van der Waals surface area contributed by atoms with Crippen molar-refractivity contribution in [2.75, 3.05) is 41.8 Å². The number of fused-ring (bicyclic) bond motifs is 3. The number of carbonyl (C=O) groups excluding carboxylic acids is 2. The zero-order valence-corrected chi connectivity index (χ0v) is 25.3. The highest BCUT2D eigenvalue weighted by Gasteiger charge is 2.43. The van der Waals surface area contributed by atoms with Crippen molar-refractivity contribution in [3.05, 3.63) is 55.0 Å². The number of alkyl halides is 3. The van der Waals surface area contributed by atoms with Crippen LogP contribution in [0.5, 0.6) is 0 Å². The van der Waals surface area contributed by atoms with Crippen molar-refractivity contribution in [2.24, 2.45) is 0 Å². The van der Waals surface area contributed by atoms with Crippen LogP contribution in [0.25, 0.3) is 22.4 Å². The van der Waals surface area contributed by atoms with E-state index in [2.05, 4.69) is 25.7 Å². The first-order chi connectivity index (χ1) is 21.8. The number of hydrogen-bond acceptors (Lipinski definition) is 9. The lowest BCUT2D eigenvalue weighted by molar-refractivity contribution is -0.141. The van der Waals surface area contributed by atoms with Crippen LogP contribution in [0.2, 0.25) is 0 Å². The van der Waals surface area contributed by atoms with Crippen molar-refractivity contribution in [3.8, 4) is 11.4 Å². The summed E-state index contributed by atoms with van der Waals surface area (Å²) in [5.74, 6) is 0.569. The number of morpholine rings is 1. The van der Waals surface area contributed by atoms with E-state index >= 15 is 0 Å². The standard InChI is InChI=1S/C30H32F3N9O4/c1-29(2,3)46-28(44)40-13-21-15-45-16-22(14-40)42(21)26-23-12-35-41(17-30(31,32)33)25(23)38-24(39-26)18-6-8-19(9-7-18)36-27(43)37-20-5-4-10-34-11-20/h4-12,21-22H,13-17H2,1-3H3,(H2,36,37,43). The molecule has 2 atom stereocenters. The smallest absolute Gasteiger partial charge is 0.410 e. The molecule has 0 aliphatic carbocycles. The topological polar surface area (TPSA) is 140 Å². The highest BCUT2D eigenvalue weighted by molar-refractivity contribution is 5.99. The van der Waals surface area contributed by atoms with Gasteiger partial charge in [-0.1, -0.05) is 0 Å². The number of ether oxygens (including phenoxy) is 2. The molecule has 2 aliphatic heterocycles. The Labute approximate surface area is 261 Å². The number of hydrogen-bond donors (Lipinski definition) is 2. The van der Waals surface area contributed by atoms with Gasteiger partial charge in [-0.3, -0.25) is 4.98 Å². The Hall–Kier alpha value is -4.99. The highest BCUT2D eigenvalue weighted by atomic mass is 19.4. The van der Waals surface area contributed by atoms with Crippen LogP contribution in [-0.2, 0) is 16.0 Å². The monoisotopic (exact) mass is 639 g/mol. The van der Waals surface area contributed by atoms with Gasteiger partial charge >= 0.3 is 18.3 Å². The van der Waals surface area contributed by atoms with E-state index in [1.165, 1.54) is 12.4 Å². The first-order valence-electron chi connectivity index (χ1n) is 14.6. The minimum absolute atomic E-state index is 0.0175. The number of halogens is 3. The molecule has 2 fully saturated rings. The third kappa shape index (κ3) is 6.96. The second kappa shape index (κ2) is 12.1. The average molecular weight is 640 g/mol. The molecule has 3 amide bonds. The largest absolute Gasteiger partial charge is 0.444 e. The normalized spacial score (nSPS) is 18.4. The number of benzene rings is 1. The Morgan fingerprint density at radius 3 is 2.30 bits per heavy atom. The third-order valence-electron chi connectivity index (χ3n) is 7.29. The second-order valence-corrected chi connectivity index (χ2v) is 12.1. The van der Waals surface area contributed by atoms with Gasteiger partial charge in [0.25, 0.3) is 0 Å². The number of anilines is 3. The molecule has 16 heteroatoms. The van der Waals surface area contributed by atoms with Crippen LogP contribution in [0, 0.1) is 0 Å². The third-order valence-corrected chi connectivity index (χ3v) is 7.29. The van der Waals surface area contributed by atoms with Crippen molar-refractivity contribution < 1.29 is 32.2 Å². The van der Waals surface area contributed by atoms with E-state index in [9.17, 15) is 22.8 Å². The quantitative estimate of drug-likeness (QED) is 0.312. The van der Waals surface area contributed by atoms with Crippen molar-refractivity contribution in [2.45, 2.75) is 51.2 Å². The first kappa shape index (κ1) is 31.0. The van der Waals surface area contributed by atoms with Gasteiger partial charge in [0.05, 0.1) is 48.8 Å². The van der Waals surface area contributed by atoms with E-state index in [4.69, 9.17) is 14.5 Å². The summed E-state index contributed by atoms with van der Waals surface area (Å²) in [5, 5.41) is 9.77. The van der Waals surface area contributed by atoms with Crippen molar-refractivity contribution in [1.82, 2.24) is 29.6 Å². The zero-order chi connectivity index (χ0) is 32.6. The number of rotatable bonds is 5. The van der Waals surface area contributed by atoms with Crippen LogP contribution >= 0.6 is 0 Å². The van der Waals surface area contributed by atoms with E-state index in [1.54, 1.807) is 68.3 Å². The molecule has 2 saturated heterocycles. The molecule has 2 bridgehead atoms. The van der Waals surface area contributed by atoms with Crippen LogP contribution in [0.15, 0.2) is 55.0 Å². The predicted octanol–water partition coefficient (Wildman–Crippen LogP) is 4.92. The average Bonchev–Trinajstić information content (AvgIpc) is 3.37. The van der Waals surface area contributed by atoms with E-state index < -0.39 is 30.4 Å². The Kier molecular flexibility index (Phi) is 8.14. The summed E-state index contributed by atoms with van der Waals surface area (Å²) in [6.07, 6.45) is -0.539. The maximum Gasteiger partial charge on any atom is 0.410 e. The van der Waals surface area contributed by atoms with Gasteiger partial charge in [0.15, 0.2) is 11.5 Å². The molecule has 2 N–H and O–H groups in total. The molecular weight excluding hydrogens is 607 g/mol. The minimum Gasteiger partial charge on any atom is -0.444 e. The van der Waals surface area contributed by atoms with E-state index in [0.717, 1.165) is 4.68 Å². The Morgan fingerprint density at radius 2 is 1.67 bits per heavy atom. The second-order valence-electron chi connectivity index (χ2n) is 12.1. The van der Waals surface area contributed by atoms with Gasteiger partial charge < -0.3 is 29.9 Å². The molecule has 46 heavy (non-hydrogen) atoms. The fourth-order valence-electron chi connectivity index (χ4n) is 5.47.